The van der Waals surface area contributed by atoms with Gasteiger partial charge in [-0.25, -0.2) is 0 Å². The number of carbonyl (C=O) groups is 1. The van der Waals surface area contributed by atoms with Gasteiger partial charge >= 0.3 is 12.4 Å². The van der Waals surface area contributed by atoms with E-state index in [9.17, 15) is 31.1 Å². The van der Waals surface area contributed by atoms with Crippen molar-refractivity contribution in [2.45, 2.75) is 32.2 Å². The molecule has 0 aliphatic rings. The molecule has 0 aliphatic heterocycles. The molecule has 3 rings (SSSR count). The Labute approximate surface area is 230 Å². The lowest BCUT2D eigenvalue weighted by Crippen LogP contribution is -3.00. The first kappa shape index (κ1) is 31.1. The monoisotopic (exact) mass is 653 g/mol. The lowest BCUT2D eigenvalue weighted by molar-refractivity contribution is -0.143. The van der Waals surface area contributed by atoms with Crippen molar-refractivity contribution in [3.8, 4) is 0 Å². The normalized spacial score (nSPS) is 13.1. The molecule has 0 bridgehead atoms. The highest BCUT2D eigenvalue weighted by Crippen LogP contribution is 2.53. The number of benzene rings is 3. The molecule has 0 heterocycles. The first-order chi connectivity index (χ1) is 16.7. The van der Waals surface area contributed by atoms with Gasteiger partial charge in [0.15, 0.2) is 0 Å². The number of halogens is 7. The number of carbonyl (C=O) groups excluding carboxylic acids is 1. The van der Waals surface area contributed by atoms with Crippen LogP contribution in [0.4, 0.5) is 26.3 Å². The maximum atomic E-state index is 13.3. The second kappa shape index (κ2) is 12.2. The van der Waals surface area contributed by atoms with Crippen molar-refractivity contribution in [3.63, 3.8) is 0 Å². The summed E-state index contributed by atoms with van der Waals surface area (Å²) in [6.07, 6.45) is -9.58. The molecule has 0 unspecified atom stereocenters. The molecule has 3 aromatic carbocycles. The zero-order chi connectivity index (χ0) is 26.7. The summed E-state index contributed by atoms with van der Waals surface area (Å²) in [6, 6.07) is 19.9. The summed E-state index contributed by atoms with van der Waals surface area (Å²) in [6.45, 7) is 5.84. The minimum absolute atomic E-state index is 0. The Balaban J connectivity index is 0.00000481. The van der Waals surface area contributed by atoms with E-state index in [0.717, 1.165) is 10.6 Å². The standard InChI is InChI=1S/C27H26F6NOP.HI/c1-18(2)24(17-36(3,22-10-6-4-7-11-22)23-12-8-5-9-13-23)34-25(35)19-14-20(26(28,29)30)16-21(15-19)27(31,32)33;/h4-16,18,24H,17H2,1-3H3;1H/t24-;/m1./s1. The Hall–Kier alpha value is -2.13. The third kappa shape index (κ3) is 7.69. The molecule has 10 heteroatoms. The van der Waals surface area contributed by atoms with Crippen molar-refractivity contribution < 1.29 is 55.1 Å². The van der Waals surface area contributed by atoms with Crippen LogP contribution in [-0.2, 0) is 12.4 Å². The fourth-order valence-corrected chi connectivity index (χ4v) is 7.71. The quantitative estimate of drug-likeness (QED) is 0.235. The number of nitrogens with one attached hydrogen (secondary N) is 1. The van der Waals surface area contributed by atoms with Crippen LogP contribution in [0, 0.1) is 5.92 Å². The predicted molar refractivity (Wildman–Crippen MR) is 132 cm³/mol. The van der Waals surface area contributed by atoms with Gasteiger partial charge in [-0.15, -0.1) is 0 Å². The average Bonchev–Trinajstić information content (AvgIpc) is 2.83. The van der Waals surface area contributed by atoms with Crippen molar-refractivity contribution >= 4 is 23.8 Å². The highest BCUT2D eigenvalue weighted by Gasteiger charge is 2.42. The zero-order valence-electron chi connectivity index (χ0n) is 20.4. The average molecular weight is 653 g/mol. The molecule has 1 N–H and O–H groups in total. The van der Waals surface area contributed by atoms with Crippen LogP contribution in [0.1, 0.15) is 35.3 Å². The Morgan fingerprint density at radius 1 is 0.784 bits per heavy atom. The molecular formula is C27H27F6INOP. The first-order valence-electron chi connectivity index (χ1n) is 11.3. The van der Waals surface area contributed by atoms with Crippen LogP contribution in [0.2, 0.25) is 0 Å². The summed E-state index contributed by atoms with van der Waals surface area (Å²) in [7, 11) is -2.08. The van der Waals surface area contributed by atoms with E-state index in [0.29, 0.717) is 18.3 Å². The second-order valence-electron chi connectivity index (χ2n) is 9.16. The molecule has 0 saturated carbocycles. The van der Waals surface area contributed by atoms with E-state index in [4.69, 9.17) is 0 Å². The van der Waals surface area contributed by atoms with Gasteiger partial charge in [-0.2, -0.15) is 26.3 Å². The Bertz CT molecular complexity index is 1110. The van der Waals surface area contributed by atoms with Crippen LogP contribution < -0.4 is 39.9 Å². The van der Waals surface area contributed by atoms with E-state index < -0.39 is 48.3 Å². The van der Waals surface area contributed by atoms with E-state index in [2.05, 4.69) is 12.0 Å². The van der Waals surface area contributed by atoms with Gasteiger partial charge < -0.3 is 29.3 Å². The van der Waals surface area contributed by atoms with Gasteiger partial charge in [0.1, 0.15) is 0 Å². The van der Waals surface area contributed by atoms with E-state index >= 15 is 0 Å². The highest BCUT2D eigenvalue weighted by molar-refractivity contribution is 7.89. The van der Waals surface area contributed by atoms with Crippen LogP contribution >= 0.6 is 7.26 Å². The summed E-state index contributed by atoms with van der Waals surface area (Å²) >= 11 is 0. The zero-order valence-corrected chi connectivity index (χ0v) is 23.4. The molecule has 2 nitrogen and oxygen atoms in total. The van der Waals surface area contributed by atoms with Gasteiger partial charge in [-0.05, 0) is 48.4 Å². The molecule has 0 aliphatic carbocycles. The summed E-state index contributed by atoms with van der Waals surface area (Å²) in [5.41, 5.74) is -3.72. The largest absolute Gasteiger partial charge is 1.00 e. The van der Waals surface area contributed by atoms with Crippen molar-refractivity contribution in [1.82, 2.24) is 5.32 Å². The molecule has 3 aromatic rings. The van der Waals surface area contributed by atoms with Crippen molar-refractivity contribution in [3.05, 3.63) is 95.6 Å². The summed E-state index contributed by atoms with van der Waals surface area (Å²) < 4.78 is 79.8. The summed E-state index contributed by atoms with van der Waals surface area (Å²) in [4.78, 5) is 13.0. The topological polar surface area (TPSA) is 29.1 Å². The van der Waals surface area contributed by atoms with Gasteiger partial charge in [-0.3, -0.25) is 4.79 Å². The minimum Gasteiger partial charge on any atom is -1.00 e. The number of amides is 1. The maximum absolute atomic E-state index is 13.3. The second-order valence-corrected chi connectivity index (χ2v) is 12.9. The Morgan fingerprint density at radius 2 is 1.19 bits per heavy atom. The fourth-order valence-electron chi connectivity index (χ4n) is 4.03. The van der Waals surface area contributed by atoms with Crippen LogP contribution in [0.5, 0.6) is 0 Å². The molecule has 0 aromatic heterocycles. The SMILES string of the molecule is CC(C)[C@@H](C[P+](C)(c1ccccc1)c1ccccc1)NC(=O)c1cc(C(F)(F)F)cc(C(F)(F)F)c1.[I-]. The van der Waals surface area contributed by atoms with Gasteiger partial charge in [0, 0.05) is 5.56 Å². The van der Waals surface area contributed by atoms with Crippen LogP contribution in [0.25, 0.3) is 0 Å². The third-order valence-electron chi connectivity index (χ3n) is 6.19. The lowest BCUT2D eigenvalue weighted by atomic mass is 10.0. The number of alkyl halides is 6. The van der Waals surface area contributed by atoms with E-state index in [1.807, 2.05) is 74.5 Å². The molecule has 0 radical (unpaired) electrons. The molecule has 0 fully saturated rings. The summed E-state index contributed by atoms with van der Waals surface area (Å²) in [5.74, 6) is -1.11. The number of rotatable bonds is 7. The smallest absolute Gasteiger partial charge is 0.416 e. The Morgan fingerprint density at radius 3 is 1.54 bits per heavy atom. The van der Waals surface area contributed by atoms with E-state index in [-0.39, 0.29) is 36.0 Å². The predicted octanol–water partition coefficient (Wildman–Crippen LogP) is 3.78. The summed E-state index contributed by atoms with van der Waals surface area (Å²) in [5, 5.41) is 4.90. The molecule has 37 heavy (non-hydrogen) atoms. The Kier molecular flexibility index (Phi) is 10.2. The molecule has 200 valence electrons. The maximum Gasteiger partial charge on any atom is 0.416 e. The van der Waals surface area contributed by atoms with Crippen molar-refractivity contribution in [2.24, 2.45) is 5.92 Å². The van der Waals surface area contributed by atoms with Crippen molar-refractivity contribution in [2.75, 3.05) is 12.8 Å². The number of hydrogen-bond acceptors (Lipinski definition) is 1. The molecule has 0 spiro atoms. The van der Waals surface area contributed by atoms with Crippen LogP contribution in [0.15, 0.2) is 78.9 Å². The molecule has 0 saturated heterocycles. The molecule has 1 atom stereocenters. The number of hydrogen-bond donors (Lipinski definition) is 1. The fraction of sp³-hybridized carbons (Fsp3) is 0.296. The van der Waals surface area contributed by atoms with Crippen LogP contribution in [-0.4, -0.2) is 24.8 Å². The van der Waals surface area contributed by atoms with Gasteiger partial charge in [0.2, 0.25) is 0 Å². The third-order valence-corrected chi connectivity index (χ3v) is 10.2. The van der Waals surface area contributed by atoms with Gasteiger partial charge in [0.05, 0.1) is 47.9 Å². The lowest BCUT2D eigenvalue weighted by Gasteiger charge is -2.30. The van der Waals surface area contributed by atoms with Crippen molar-refractivity contribution in [1.29, 1.82) is 0 Å². The highest BCUT2D eigenvalue weighted by atomic mass is 127. The minimum atomic E-state index is -5.03. The van der Waals surface area contributed by atoms with Gasteiger partial charge in [-0.1, -0.05) is 50.2 Å². The van der Waals surface area contributed by atoms with Crippen LogP contribution in [0.3, 0.4) is 0 Å². The molecular weight excluding hydrogens is 626 g/mol. The van der Waals surface area contributed by atoms with E-state index in [1.54, 1.807) is 0 Å². The van der Waals surface area contributed by atoms with E-state index in [1.165, 1.54) is 0 Å². The van der Waals surface area contributed by atoms with Gasteiger partial charge in [0.25, 0.3) is 5.91 Å². The first-order valence-corrected chi connectivity index (χ1v) is 13.7. The molecule has 1 amide bonds.